The third-order valence-corrected chi connectivity index (χ3v) is 9.91. The fourth-order valence-corrected chi connectivity index (χ4v) is 7.74. The van der Waals surface area contributed by atoms with Crippen molar-refractivity contribution in [3.8, 4) is 11.5 Å². The lowest BCUT2D eigenvalue weighted by atomic mass is 9.99. The first-order chi connectivity index (χ1) is 16.8. The molecule has 1 heterocycles. The monoisotopic (exact) mass is 533 g/mol. The van der Waals surface area contributed by atoms with Crippen LogP contribution in [-0.4, -0.2) is 41.7 Å². The van der Waals surface area contributed by atoms with Crippen LogP contribution in [-0.2, 0) is 14.1 Å². The van der Waals surface area contributed by atoms with Crippen LogP contribution in [0.25, 0.3) is 0 Å². The summed E-state index contributed by atoms with van der Waals surface area (Å²) in [7, 11) is -1.67. The maximum atomic E-state index is 14.7. The Bertz CT molecular complexity index is 1200. The van der Waals surface area contributed by atoms with Gasteiger partial charge in [0.25, 0.3) is 0 Å². The lowest BCUT2D eigenvalue weighted by molar-refractivity contribution is -0.137. The quantitative estimate of drug-likeness (QED) is 0.343. The zero-order chi connectivity index (χ0) is 25.0. The average molecular weight is 534 g/mol. The van der Waals surface area contributed by atoms with E-state index >= 15 is 0 Å². The second kappa shape index (κ2) is 11.2. The number of hydrogen-bond acceptors (Lipinski definition) is 4. The Labute approximate surface area is 214 Å². The third-order valence-electron chi connectivity index (χ3n) is 6.19. The first-order valence-corrected chi connectivity index (χ1v) is 13.8. The normalized spacial score (nSPS) is 22.9. The SMILES string of the molecule is COC1CCP(=O)(c2ccc(Oc3ccc(Cl)cc3)cc2)N(CC(=O)O)C(c2ccc(Cl)cc2)C1. The van der Waals surface area contributed by atoms with E-state index in [1.807, 2.05) is 12.1 Å². The van der Waals surface area contributed by atoms with Crippen molar-refractivity contribution in [3.05, 3.63) is 88.4 Å². The molecule has 6 nitrogen and oxygen atoms in total. The largest absolute Gasteiger partial charge is 0.480 e. The Morgan fingerprint density at radius 3 is 2.06 bits per heavy atom. The van der Waals surface area contributed by atoms with Crippen LogP contribution in [0.2, 0.25) is 10.0 Å². The fraction of sp³-hybridized carbons (Fsp3) is 0.269. The molecule has 0 amide bonds. The number of aliphatic carboxylic acids is 1. The molecule has 1 aliphatic heterocycles. The summed E-state index contributed by atoms with van der Waals surface area (Å²) in [5.74, 6) is 0.163. The number of carboxylic acid groups (broad SMARTS) is 1. The van der Waals surface area contributed by atoms with Crippen LogP contribution >= 0.6 is 30.5 Å². The predicted molar refractivity (Wildman–Crippen MR) is 139 cm³/mol. The summed E-state index contributed by atoms with van der Waals surface area (Å²) in [6.45, 7) is -0.357. The molecule has 3 aromatic rings. The van der Waals surface area contributed by atoms with Crippen LogP contribution in [0.4, 0.5) is 0 Å². The summed E-state index contributed by atoms with van der Waals surface area (Å²) in [6, 6.07) is 20.8. The number of benzene rings is 3. The molecule has 184 valence electrons. The number of hydrogen-bond donors (Lipinski definition) is 1. The highest BCUT2D eigenvalue weighted by atomic mass is 35.5. The van der Waals surface area contributed by atoms with E-state index in [1.54, 1.807) is 72.4 Å². The van der Waals surface area contributed by atoms with Crippen LogP contribution in [0.3, 0.4) is 0 Å². The molecule has 0 aliphatic carbocycles. The summed E-state index contributed by atoms with van der Waals surface area (Å²) in [6.07, 6.45) is 1.22. The fourth-order valence-electron chi connectivity index (χ4n) is 4.39. The molecule has 0 aromatic heterocycles. The first kappa shape index (κ1) is 25.7. The number of methoxy groups -OCH3 is 1. The Hall–Kier alpha value is -2.34. The highest BCUT2D eigenvalue weighted by molar-refractivity contribution is 7.69. The zero-order valence-corrected chi connectivity index (χ0v) is 21.5. The van der Waals surface area contributed by atoms with E-state index in [1.165, 1.54) is 0 Å². The Morgan fingerprint density at radius 1 is 0.971 bits per heavy atom. The van der Waals surface area contributed by atoms with E-state index in [-0.39, 0.29) is 12.6 Å². The van der Waals surface area contributed by atoms with E-state index in [9.17, 15) is 14.5 Å². The van der Waals surface area contributed by atoms with Gasteiger partial charge in [-0.15, -0.1) is 0 Å². The summed E-state index contributed by atoms with van der Waals surface area (Å²) in [5, 5.41) is 11.5. The average Bonchev–Trinajstić information content (AvgIpc) is 2.99. The molecule has 1 aliphatic rings. The molecule has 0 saturated carbocycles. The van der Waals surface area contributed by atoms with E-state index in [0.717, 1.165) is 5.56 Å². The minimum absolute atomic E-state index is 0.157. The number of carboxylic acids is 1. The number of ether oxygens (including phenoxy) is 2. The van der Waals surface area contributed by atoms with Crippen molar-refractivity contribution < 1.29 is 23.9 Å². The maximum Gasteiger partial charge on any atom is 0.318 e. The summed E-state index contributed by atoms with van der Waals surface area (Å²) in [4.78, 5) is 11.9. The number of nitrogens with zero attached hydrogens (tertiary/aromatic N) is 1. The Kier molecular flexibility index (Phi) is 8.20. The molecule has 1 N–H and O–H groups in total. The highest BCUT2D eigenvalue weighted by Gasteiger charge is 2.43. The molecule has 4 rings (SSSR count). The lowest BCUT2D eigenvalue weighted by Crippen LogP contribution is -2.35. The van der Waals surface area contributed by atoms with Crippen LogP contribution in [0.1, 0.15) is 24.4 Å². The van der Waals surface area contributed by atoms with Crippen molar-refractivity contribution in [1.82, 2.24) is 4.67 Å². The molecule has 9 heteroatoms. The topological polar surface area (TPSA) is 76.1 Å². The van der Waals surface area contributed by atoms with Gasteiger partial charge in [0.1, 0.15) is 18.0 Å². The lowest BCUT2D eigenvalue weighted by Gasteiger charge is -2.35. The van der Waals surface area contributed by atoms with Crippen LogP contribution in [0.5, 0.6) is 11.5 Å². The predicted octanol–water partition coefficient (Wildman–Crippen LogP) is 6.63. The van der Waals surface area contributed by atoms with Crippen molar-refractivity contribution in [3.63, 3.8) is 0 Å². The van der Waals surface area contributed by atoms with Crippen molar-refractivity contribution >= 4 is 41.8 Å². The number of rotatable bonds is 7. The molecule has 3 atom stereocenters. The zero-order valence-electron chi connectivity index (χ0n) is 19.1. The molecule has 1 fully saturated rings. The first-order valence-electron chi connectivity index (χ1n) is 11.2. The molecule has 3 unspecified atom stereocenters. The van der Waals surface area contributed by atoms with Gasteiger partial charge in [-0.1, -0.05) is 35.3 Å². The van der Waals surface area contributed by atoms with E-state index in [4.69, 9.17) is 32.7 Å². The minimum Gasteiger partial charge on any atom is -0.480 e. The second-order valence-corrected chi connectivity index (χ2v) is 12.2. The van der Waals surface area contributed by atoms with E-state index < -0.39 is 19.3 Å². The summed E-state index contributed by atoms with van der Waals surface area (Å²) in [5.41, 5.74) is 0.850. The van der Waals surface area contributed by atoms with Crippen LogP contribution in [0.15, 0.2) is 72.8 Å². The van der Waals surface area contributed by atoms with E-state index in [0.29, 0.717) is 45.9 Å². The van der Waals surface area contributed by atoms with Gasteiger partial charge in [-0.25, -0.2) is 4.67 Å². The van der Waals surface area contributed by atoms with Crippen molar-refractivity contribution in [2.45, 2.75) is 25.0 Å². The van der Waals surface area contributed by atoms with Gasteiger partial charge >= 0.3 is 5.97 Å². The van der Waals surface area contributed by atoms with Gasteiger partial charge in [-0.3, -0.25) is 4.79 Å². The van der Waals surface area contributed by atoms with Gasteiger partial charge in [-0.2, -0.15) is 0 Å². The van der Waals surface area contributed by atoms with Crippen molar-refractivity contribution in [1.29, 1.82) is 0 Å². The minimum atomic E-state index is -3.30. The molecular formula is C26H26Cl2NO5P. The standard InChI is InChI=1S/C26H26Cl2NO5P/c1-33-23-14-15-35(32,24-12-10-22(11-13-24)34-21-8-6-20(28)7-9-21)29(17-26(30)31)25(16-23)18-2-4-19(27)5-3-18/h2-13,23,25H,14-17H2,1H3,(H,30,31). The van der Waals surface area contributed by atoms with Crippen molar-refractivity contribution in [2.24, 2.45) is 0 Å². The Morgan fingerprint density at radius 2 is 1.51 bits per heavy atom. The summed E-state index contributed by atoms with van der Waals surface area (Å²) >= 11 is 12.0. The molecule has 0 radical (unpaired) electrons. The van der Waals surface area contributed by atoms with E-state index in [2.05, 4.69) is 0 Å². The Balaban J connectivity index is 1.70. The van der Waals surface area contributed by atoms with Crippen LogP contribution in [0, 0.1) is 0 Å². The van der Waals surface area contributed by atoms with Crippen molar-refractivity contribution in [2.75, 3.05) is 19.8 Å². The molecule has 1 saturated heterocycles. The smallest absolute Gasteiger partial charge is 0.318 e. The molecule has 3 aromatic carbocycles. The molecule has 0 spiro atoms. The van der Waals surface area contributed by atoms with Gasteiger partial charge in [0.15, 0.2) is 7.29 Å². The number of carbonyl (C=O) groups is 1. The van der Waals surface area contributed by atoms with Gasteiger partial charge in [0.05, 0.1) is 6.10 Å². The summed E-state index contributed by atoms with van der Waals surface area (Å²) < 4.78 is 27.9. The van der Waals surface area contributed by atoms with Gasteiger partial charge in [-0.05, 0) is 79.1 Å². The molecule has 35 heavy (non-hydrogen) atoms. The van der Waals surface area contributed by atoms with Gasteiger partial charge < -0.3 is 19.1 Å². The van der Waals surface area contributed by atoms with Gasteiger partial charge in [0.2, 0.25) is 0 Å². The number of halogens is 2. The molecular weight excluding hydrogens is 508 g/mol. The second-order valence-electron chi connectivity index (χ2n) is 8.42. The van der Waals surface area contributed by atoms with Crippen LogP contribution < -0.4 is 10.0 Å². The molecule has 0 bridgehead atoms. The van der Waals surface area contributed by atoms with Gasteiger partial charge in [0, 0.05) is 34.7 Å². The third kappa shape index (κ3) is 6.08. The highest BCUT2D eigenvalue weighted by Crippen LogP contribution is 2.57. The maximum absolute atomic E-state index is 14.7.